The third-order valence-corrected chi connectivity index (χ3v) is 4.61. The fourth-order valence-corrected chi connectivity index (χ4v) is 3.21. The van der Waals surface area contributed by atoms with E-state index in [4.69, 9.17) is 0 Å². The van der Waals surface area contributed by atoms with Crippen LogP contribution in [0.5, 0.6) is 0 Å². The summed E-state index contributed by atoms with van der Waals surface area (Å²) in [5, 5.41) is 0. The Morgan fingerprint density at radius 2 is 1.81 bits per heavy atom. The minimum atomic E-state index is -4.00. The first-order valence-electron chi connectivity index (χ1n) is 6.22. The summed E-state index contributed by atoms with van der Waals surface area (Å²) in [4.78, 5) is 3.63. The van der Waals surface area contributed by atoms with Crippen molar-refractivity contribution < 1.29 is 17.2 Å². The SMILES string of the molecule is O=S(=O)(c1cccnc1)N(Cc1ccccc1)CC(F)F. The van der Waals surface area contributed by atoms with Crippen LogP contribution in [0, 0.1) is 0 Å². The van der Waals surface area contributed by atoms with Gasteiger partial charge in [0.1, 0.15) is 4.90 Å². The van der Waals surface area contributed by atoms with Crippen molar-refractivity contribution in [1.29, 1.82) is 0 Å². The molecule has 0 bridgehead atoms. The molecular weight excluding hydrogens is 298 g/mol. The summed E-state index contributed by atoms with van der Waals surface area (Å²) in [6.45, 7) is -0.964. The largest absolute Gasteiger partial charge is 0.263 e. The standard InChI is InChI=1S/C14H14F2N2O2S/c15-14(16)11-18(10-12-5-2-1-3-6-12)21(19,20)13-7-4-8-17-9-13/h1-9,14H,10-11H2. The molecule has 0 spiro atoms. The number of nitrogens with zero attached hydrogens (tertiary/aromatic N) is 2. The van der Waals surface area contributed by atoms with E-state index in [2.05, 4.69) is 4.98 Å². The van der Waals surface area contributed by atoms with Crippen LogP contribution in [-0.2, 0) is 16.6 Å². The van der Waals surface area contributed by atoms with Gasteiger partial charge >= 0.3 is 0 Å². The lowest BCUT2D eigenvalue weighted by Crippen LogP contribution is -2.34. The van der Waals surface area contributed by atoms with Crippen LogP contribution in [0.4, 0.5) is 8.78 Å². The van der Waals surface area contributed by atoms with Crippen LogP contribution in [0.2, 0.25) is 0 Å². The maximum atomic E-state index is 12.7. The summed E-state index contributed by atoms with van der Waals surface area (Å²) in [7, 11) is -4.00. The second kappa shape index (κ2) is 6.73. The van der Waals surface area contributed by atoms with Crippen LogP contribution in [0.25, 0.3) is 0 Å². The summed E-state index contributed by atoms with van der Waals surface area (Å²) < 4.78 is 51.0. The van der Waals surface area contributed by atoms with Gasteiger partial charge in [0.25, 0.3) is 6.43 Å². The Morgan fingerprint density at radius 3 is 2.38 bits per heavy atom. The molecule has 0 aliphatic carbocycles. The molecule has 0 N–H and O–H groups in total. The average molecular weight is 312 g/mol. The number of pyridine rings is 1. The molecule has 1 aromatic heterocycles. The Morgan fingerprint density at radius 1 is 1.10 bits per heavy atom. The highest BCUT2D eigenvalue weighted by Crippen LogP contribution is 2.18. The van der Waals surface area contributed by atoms with Gasteiger partial charge in [0, 0.05) is 18.9 Å². The van der Waals surface area contributed by atoms with Gasteiger partial charge in [-0.15, -0.1) is 0 Å². The number of rotatable bonds is 6. The van der Waals surface area contributed by atoms with E-state index in [0.717, 1.165) is 10.5 Å². The number of benzene rings is 1. The zero-order valence-electron chi connectivity index (χ0n) is 11.1. The van der Waals surface area contributed by atoms with Crippen molar-refractivity contribution in [1.82, 2.24) is 9.29 Å². The molecule has 2 aromatic rings. The summed E-state index contributed by atoms with van der Waals surface area (Å²) in [5.74, 6) is 0. The molecule has 0 amide bonds. The van der Waals surface area contributed by atoms with Gasteiger partial charge in [-0.05, 0) is 17.7 Å². The van der Waals surface area contributed by atoms with Crippen molar-refractivity contribution in [3.63, 3.8) is 0 Å². The van der Waals surface area contributed by atoms with Crippen molar-refractivity contribution in [3.8, 4) is 0 Å². The number of hydrogen-bond donors (Lipinski definition) is 0. The first-order chi connectivity index (χ1) is 10.00. The highest BCUT2D eigenvalue weighted by atomic mass is 32.2. The summed E-state index contributed by atoms with van der Waals surface area (Å²) in [5.41, 5.74) is 0.644. The average Bonchev–Trinajstić information content (AvgIpc) is 2.48. The first-order valence-corrected chi connectivity index (χ1v) is 7.66. The molecule has 0 fully saturated rings. The van der Waals surface area contributed by atoms with Crippen molar-refractivity contribution in [2.24, 2.45) is 0 Å². The number of sulfonamides is 1. The molecule has 0 saturated carbocycles. The van der Waals surface area contributed by atoms with E-state index in [9.17, 15) is 17.2 Å². The zero-order chi connectivity index (χ0) is 15.3. The van der Waals surface area contributed by atoms with Crippen molar-refractivity contribution in [2.75, 3.05) is 6.54 Å². The van der Waals surface area contributed by atoms with E-state index in [0.29, 0.717) is 5.56 Å². The molecule has 0 aliphatic heterocycles. The van der Waals surface area contributed by atoms with Crippen molar-refractivity contribution >= 4 is 10.0 Å². The molecule has 0 unspecified atom stereocenters. The van der Waals surface area contributed by atoms with Crippen LogP contribution in [0.1, 0.15) is 5.56 Å². The third kappa shape index (κ3) is 4.05. The minimum absolute atomic E-state index is 0.0958. The Bertz CT molecular complexity index is 664. The van der Waals surface area contributed by atoms with Crippen LogP contribution in [0.3, 0.4) is 0 Å². The highest BCUT2D eigenvalue weighted by molar-refractivity contribution is 7.89. The predicted octanol–water partition coefficient (Wildman–Crippen LogP) is 2.54. The fraction of sp³-hybridized carbons (Fsp3) is 0.214. The quantitative estimate of drug-likeness (QED) is 0.823. The Balaban J connectivity index is 2.32. The molecule has 2 rings (SSSR count). The summed E-state index contributed by atoms with van der Waals surface area (Å²) >= 11 is 0. The van der Waals surface area contributed by atoms with Gasteiger partial charge in [-0.2, -0.15) is 4.31 Å². The Hall–Kier alpha value is -1.86. The van der Waals surface area contributed by atoms with Crippen molar-refractivity contribution in [2.45, 2.75) is 17.9 Å². The molecule has 0 atom stereocenters. The molecule has 0 aliphatic rings. The minimum Gasteiger partial charge on any atom is -0.263 e. The van der Waals surface area contributed by atoms with Gasteiger partial charge in [0.2, 0.25) is 10.0 Å². The number of halogens is 2. The summed E-state index contributed by atoms with van der Waals surface area (Å²) in [6.07, 6.45) is -0.174. The monoisotopic (exact) mass is 312 g/mol. The van der Waals surface area contributed by atoms with Gasteiger partial charge < -0.3 is 0 Å². The summed E-state index contributed by atoms with van der Waals surface area (Å²) in [6, 6.07) is 11.4. The van der Waals surface area contributed by atoms with Crippen molar-refractivity contribution in [3.05, 3.63) is 60.4 Å². The molecule has 4 nitrogen and oxygen atoms in total. The van der Waals surface area contributed by atoms with E-state index in [1.165, 1.54) is 18.3 Å². The molecule has 21 heavy (non-hydrogen) atoms. The second-order valence-electron chi connectivity index (χ2n) is 4.36. The van der Waals surface area contributed by atoms with Gasteiger partial charge in [-0.3, -0.25) is 4.98 Å². The predicted molar refractivity (Wildman–Crippen MR) is 74.3 cm³/mol. The van der Waals surface area contributed by atoms with E-state index in [1.54, 1.807) is 30.3 Å². The van der Waals surface area contributed by atoms with Gasteiger partial charge in [-0.1, -0.05) is 30.3 Å². The highest BCUT2D eigenvalue weighted by Gasteiger charge is 2.27. The lowest BCUT2D eigenvalue weighted by molar-refractivity contribution is 0.118. The van der Waals surface area contributed by atoms with Crippen LogP contribution in [-0.4, -0.2) is 30.7 Å². The lowest BCUT2D eigenvalue weighted by atomic mass is 10.2. The topological polar surface area (TPSA) is 50.3 Å². The number of hydrogen-bond acceptors (Lipinski definition) is 3. The molecular formula is C14H14F2N2O2S. The molecule has 0 saturated heterocycles. The van der Waals surface area contributed by atoms with Gasteiger partial charge in [0.05, 0.1) is 6.54 Å². The third-order valence-electron chi connectivity index (χ3n) is 2.82. The normalized spacial score (nSPS) is 12.0. The molecule has 1 heterocycles. The van der Waals surface area contributed by atoms with Crippen LogP contribution >= 0.6 is 0 Å². The smallest absolute Gasteiger partial charge is 0.252 e. The van der Waals surface area contributed by atoms with Crippen LogP contribution in [0.15, 0.2) is 59.8 Å². The molecule has 112 valence electrons. The fourth-order valence-electron chi connectivity index (χ4n) is 1.84. The van der Waals surface area contributed by atoms with E-state index in [1.807, 2.05) is 0 Å². The van der Waals surface area contributed by atoms with E-state index in [-0.39, 0.29) is 11.4 Å². The van der Waals surface area contributed by atoms with E-state index < -0.39 is 23.0 Å². The van der Waals surface area contributed by atoms with Crippen LogP contribution < -0.4 is 0 Å². The maximum Gasteiger partial charge on any atom is 0.252 e. The Labute approximate surface area is 122 Å². The second-order valence-corrected chi connectivity index (χ2v) is 6.30. The molecule has 7 heteroatoms. The number of alkyl halides is 2. The lowest BCUT2D eigenvalue weighted by Gasteiger charge is -2.21. The molecule has 1 aromatic carbocycles. The zero-order valence-corrected chi connectivity index (χ0v) is 11.9. The van der Waals surface area contributed by atoms with E-state index >= 15 is 0 Å². The number of aromatic nitrogens is 1. The molecule has 0 radical (unpaired) electrons. The maximum absolute atomic E-state index is 12.7. The van der Waals surface area contributed by atoms with Gasteiger partial charge in [-0.25, -0.2) is 17.2 Å². The Kier molecular flexibility index (Phi) is 4.98. The van der Waals surface area contributed by atoms with Gasteiger partial charge in [0.15, 0.2) is 0 Å². The first kappa shape index (κ1) is 15.5.